The van der Waals surface area contributed by atoms with Gasteiger partial charge in [-0.1, -0.05) is 48.5 Å². The van der Waals surface area contributed by atoms with Crippen LogP contribution in [0.3, 0.4) is 0 Å². The first-order chi connectivity index (χ1) is 14.2. The normalized spacial score (nSPS) is 11.4. The number of fused-ring (bicyclic) bond motifs is 3. The molecule has 2 aromatic carbocycles. The summed E-state index contributed by atoms with van der Waals surface area (Å²) in [6, 6.07) is 16.3. The van der Waals surface area contributed by atoms with Crippen molar-refractivity contribution in [3.63, 3.8) is 0 Å². The maximum Gasteiger partial charge on any atom is 0.176 e. The number of nitrogens with zero attached hydrogens (tertiary/aromatic N) is 6. The summed E-state index contributed by atoms with van der Waals surface area (Å²) in [6.45, 7) is 5.05. The Bertz CT molecular complexity index is 1290. The number of hydrogen-bond donors (Lipinski definition) is 0. The van der Waals surface area contributed by atoms with E-state index >= 15 is 0 Å². The summed E-state index contributed by atoms with van der Waals surface area (Å²) < 4.78 is 9.79. The number of benzene rings is 2. The molecule has 0 aliphatic rings. The van der Waals surface area contributed by atoms with Gasteiger partial charge in [0.1, 0.15) is 18.7 Å². The SMILES string of the molecule is Cc1cccc(C)c1OCc1nnc2c3cnn(Cc4ccccc4)c3ncn12. The van der Waals surface area contributed by atoms with Crippen LogP contribution in [0.25, 0.3) is 16.7 Å². The molecule has 0 aliphatic carbocycles. The average Bonchev–Trinajstić information content (AvgIpc) is 3.32. The Morgan fingerprint density at radius 2 is 1.69 bits per heavy atom. The highest BCUT2D eigenvalue weighted by Crippen LogP contribution is 2.24. The zero-order chi connectivity index (χ0) is 19.8. The fraction of sp³-hybridized carbons (Fsp3) is 0.182. The van der Waals surface area contributed by atoms with Gasteiger partial charge < -0.3 is 4.74 Å². The molecule has 0 bridgehead atoms. The van der Waals surface area contributed by atoms with E-state index in [1.807, 2.05) is 59.3 Å². The lowest BCUT2D eigenvalue weighted by Crippen LogP contribution is -2.05. The quantitative estimate of drug-likeness (QED) is 0.462. The molecule has 0 fully saturated rings. The van der Waals surface area contributed by atoms with Crippen molar-refractivity contribution >= 4 is 16.7 Å². The van der Waals surface area contributed by atoms with E-state index in [9.17, 15) is 0 Å². The molecule has 0 radical (unpaired) electrons. The van der Waals surface area contributed by atoms with Gasteiger partial charge in [0, 0.05) is 0 Å². The highest BCUT2D eigenvalue weighted by molar-refractivity contribution is 5.88. The molecule has 0 unspecified atom stereocenters. The number of aromatic nitrogens is 6. The smallest absolute Gasteiger partial charge is 0.176 e. The van der Waals surface area contributed by atoms with Gasteiger partial charge in [0.05, 0.1) is 18.1 Å². The van der Waals surface area contributed by atoms with Crippen molar-refractivity contribution in [1.82, 2.24) is 29.4 Å². The Labute approximate surface area is 167 Å². The van der Waals surface area contributed by atoms with E-state index in [0.29, 0.717) is 19.0 Å². The van der Waals surface area contributed by atoms with Crippen molar-refractivity contribution in [2.24, 2.45) is 0 Å². The van der Waals surface area contributed by atoms with Crippen molar-refractivity contribution < 1.29 is 4.74 Å². The summed E-state index contributed by atoms with van der Waals surface area (Å²) in [5, 5.41) is 14.1. The highest BCUT2D eigenvalue weighted by Gasteiger charge is 2.14. The standard InChI is InChI=1S/C22H20N6O/c1-15-7-6-8-16(2)20(15)29-13-19-25-26-22-18-11-24-28(21(18)23-14-27(19)22)12-17-9-4-3-5-10-17/h3-11,14H,12-13H2,1-2H3. The predicted octanol–water partition coefficient (Wildman–Crippen LogP) is 3.72. The third-order valence-electron chi connectivity index (χ3n) is 5.04. The van der Waals surface area contributed by atoms with Gasteiger partial charge in [-0.2, -0.15) is 5.10 Å². The zero-order valence-electron chi connectivity index (χ0n) is 16.3. The Morgan fingerprint density at radius 1 is 0.897 bits per heavy atom. The lowest BCUT2D eigenvalue weighted by atomic mass is 10.1. The van der Waals surface area contributed by atoms with Crippen LogP contribution in [-0.4, -0.2) is 29.4 Å². The first-order valence-corrected chi connectivity index (χ1v) is 9.48. The topological polar surface area (TPSA) is 70.1 Å². The Morgan fingerprint density at radius 3 is 2.48 bits per heavy atom. The molecule has 29 heavy (non-hydrogen) atoms. The van der Waals surface area contributed by atoms with Gasteiger partial charge in [0.2, 0.25) is 0 Å². The van der Waals surface area contributed by atoms with E-state index in [4.69, 9.17) is 4.74 Å². The molecule has 5 rings (SSSR count). The molecule has 0 atom stereocenters. The molecule has 0 spiro atoms. The van der Waals surface area contributed by atoms with Crippen LogP contribution in [0.1, 0.15) is 22.5 Å². The maximum absolute atomic E-state index is 6.04. The summed E-state index contributed by atoms with van der Waals surface area (Å²) in [5.41, 5.74) is 4.89. The zero-order valence-corrected chi connectivity index (χ0v) is 16.3. The van der Waals surface area contributed by atoms with Gasteiger partial charge in [-0.3, -0.25) is 4.40 Å². The summed E-state index contributed by atoms with van der Waals surface area (Å²) in [7, 11) is 0. The third kappa shape index (κ3) is 3.10. The van der Waals surface area contributed by atoms with Gasteiger partial charge in [-0.25, -0.2) is 9.67 Å². The van der Waals surface area contributed by atoms with E-state index < -0.39 is 0 Å². The minimum Gasteiger partial charge on any atom is -0.485 e. The molecule has 5 aromatic rings. The first kappa shape index (κ1) is 17.4. The Kier molecular flexibility index (Phi) is 4.20. The van der Waals surface area contributed by atoms with Gasteiger partial charge >= 0.3 is 0 Å². The van der Waals surface area contributed by atoms with Gasteiger partial charge in [0.15, 0.2) is 17.1 Å². The van der Waals surface area contributed by atoms with Crippen molar-refractivity contribution in [2.75, 3.05) is 0 Å². The average molecular weight is 384 g/mol. The number of rotatable bonds is 5. The van der Waals surface area contributed by atoms with E-state index in [2.05, 4.69) is 32.4 Å². The molecule has 3 aromatic heterocycles. The van der Waals surface area contributed by atoms with Crippen LogP contribution in [0.4, 0.5) is 0 Å². The molecule has 7 nitrogen and oxygen atoms in total. The molecule has 0 N–H and O–H groups in total. The minimum absolute atomic E-state index is 0.318. The maximum atomic E-state index is 6.04. The predicted molar refractivity (Wildman–Crippen MR) is 110 cm³/mol. The number of aryl methyl sites for hydroxylation is 2. The molecule has 3 heterocycles. The van der Waals surface area contributed by atoms with E-state index in [0.717, 1.165) is 33.6 Å². The molecule has 0 saturated carbocycles. The molecular weight excluding hydrogens is 364 g/mol. The summed E-state index contributed by atoms with van der Waals surface area (Å²) in [4.78, 5) is 4.62. The first-order valence-electron chi connectivity index (χ1n) is 9.48. The van der Waals surface area contributed by atoms with Gasteiger partial charge in [-0.15, -0.1) is 10.2 Å². The lowest BCUT2D eigenvalue weighted by molar-refractivity contribution is 0.290. The summed E-state index contributed by atoms with van der Waals surface area (Å²) in [6.07, 6.45) is 3.54. The number of ether oxygens (including phenoxy) is 1. The number of hydrogen-bond acceptors (Lipinski definition) is 5. The summed E-state index contributed by atoms with van der Waals surface area (Å²) >= 11 is 0. The Hall–Kier alpha value is -3.74. The monoisotopic (exact) mass is 384 g/mol. The third-order valence-corrected chi connectivity index (χ3v) is 5.04. The van der Waals surface area contributed by atoms with E-state index in [-0.39, 0.29) is 0 Å². The highest BCUT2D eigenvalue weighted by atomic mass is 16.5. The van der Waals surface area contributed by atoms with E-state index in [1.165, 1.54) is 5.56 Å². The van der Waals surface area contributed by atoms with Crippen LogP contribution in [0.5, 0.6) is 5.75 Å². The second kappa shape index (κ2) is 7.01. The molecule has 144 valence electrons. The van der Waals surface area contributed by atoms with Crippen LogP contribution in [-0.2, 0) is 13.2 Å². The van der Waals surface area contributed by atoms with Crippen molar-refractivity contribution in [3.05, 3.63) is 83.6 Å². The fourth-order valence-electron chi connectivity index (χ4n) is 3.55. The van der Waals surface area contributed by atoms with E-state index in [1.54, 1.807) is 12.5 Å². The van der Waals surface area contributed by atoms with Crippen LogP contribution in [0.2, 0.25) is 0 Å². The molecule has 0 amide bonds. The number of para-hydroxylation sites is 1. The van der Waals surface area contributed by atoms with Crippen LogP contribution in [0.15, 0.2) is 61.1 Å². The molecule has 0 saturated heterocycles. The van der Waals surface area contributed by atoms with Crippen LogP contribution >= 0.6 is 0 Å². The van der Waals surface area contributed by atoms with Gasteiger partial charge in [0.25, 0.3) is 0 Å². The molecule has 7 heteroatoms. The minimum atomic E-state index is 0.318. The summed E-state index contributed by atoms with van der Waals surface area (Å²) in [5.74, 6) is 1.59. The fourth-order valence-corrected chi connectivity index (χ4v) is 3.55. The molecular formula is C22H20N6O. The second-order valence-electron chi connectivity index (χ2n) is 7.09. The lowest BCUT2D eigenvalue weighted by Gasteiger charge is -2.10. The van der Waals surface area contributed by atoms with Crippen molar-refractivity contribution in [2.45, 2.75) is 27.0 Å². The Balaban J connectivity index is 1.46. The second-order valence-corrected chi connectivity index (χ2v) is 7.09. The largest absolute Gasteiger partial charge is 0.485 e. The van der Waals surface area contributed by atoms with Crippen LogP contribution in [0, 0.1) is 13.8 Å². The van der Waals surface area contributed by atoms with Crippen molar-refractivity contribution in [3.8, 4) is 5.75 Å². The molecule has 0 aliphatic heterocycles. The van der Waals surface area contributed by atoms with Crippen molar-refractivity contribution in [1.29, 1.82) is 0 Å². The van der Waals surface area contributed by atoms with Crippen LogP contribution < -0.4 is 4.74 Å². The van der Waals surface area contributed by atoms with Gasteiger partial charge in [-0.05, 0) is 30.5 Å².